The Morgan fingerprint density at radius 3 is 2.58 bits per heavy atom. The summed E-state index contributed by atoms with van der Waals surface area (Å²) in [6.07, 6.45) is 6.71. The molecule has 2 spiro atoms. The van der Waals surface area contributed by atoms with Gasteiger partial charge in [-0.25, -0.2) is 0 Å². The van der Waals surface area contributed by atoms with Crippen LogP contribution in [0.5, 0.6) is 11.5 Å². The van der Waals surface area contributed by atoms with Crippen LogP contribution < -0.4 is 4.74 Å². The zero-order chi connectivity index (χ0) is 23.2. The van der Waals surface area contributed by atoms with Gasteiger partial charge in [0.15, 0.2) is 11.5 Å². The van der Waals surface area contributed by atoms with Crippen LogP contribution in [0.3, 0.4) is 0 Å². The third kappa shape index (κ3) is 2.22. The van der Waals surface area contributed by atoms with Gasteiger partial charge < -0.3 is 20.1 Å². The fraction of sp³-hybridized carbons (Fsp3) is 0.786. The standard InChI is InChI=1S/C28H39NO4/c1-24(2,3)25(4,31)19-14-26-9-10-28(19,32)23-27(26)11-12-29(15-16-5-6-16)20(26)13-17-7-8-18(30)22(33-23)21(17)27/h7-8,16,19-20,23,30-32H,5-6,9-15H2,1-4H3/t19-,20?,23+,25+,26-,27?,28+/m1/s1. The molecule has 180 valence electrons. The number of aromatic hydroxyl groups is 1. The Hall–Kier alpha value is -1.30. The number of benzene rings is 1. The lowest BCUT2D eigenvalue weighted by Crippen LogP contribution is -2.82. The molecule has 1 aromatic rings. The van der Waals surface area contributed by atoms with Crippen molar-refractivity contribution in [3.63, 3.8) is 0 Å². The molecule has 0 radical (unpaired) electrons. The summed E-state index contributed by atoms with van der Waals surface area (Å²) in [5, 5.41) is 35.3. The van der Waals surface area contributed by atoms with E-state index in [1.54, 1.807) is 6.07 Å². The summed E-state index contributed by atoms with van der Waals surface area (Å²) in [7, 11) is 0. The lowest BCUT2D eigenvalue weighted by molar-refractivity contribution is -0.305. The molecule has 0 aromatic heterocycles. The van der Waals surface area contributed by atoms with Crippen molar-refractivity contribution in [2.75, 3.05) is 13.1 Å². The monoisotopic (exact) mass is 453 g/mol. The molecular weight excluding hydrogens is 414 g/mol. The van der Waals surface area contributed by atoms with E-state index in [9.17, 15) is 15.3 Å². The van der Waals surface area contributed by atoms with Crippen molar-refractivity contribution < 1.29 is 20.1 Å². The third-order valence-electron chi connectivity index (χ3n) is 11.5. The highest BCUT2D eigenvalue weighted by Gasteiger charge is 2.81. The highest BCUT2D eigenvalue weighted by molar-refractivity contribution is 5.63. The molecule has 4 saturated carbocycles. The quantitative estimate of drug-likeness (QED) is 0.650. The summed E-state index contributed by atoms with van der Waals surface area (Å²) in [6, 6.07) is 4.30. The largest absolute Gasteiger partial charge is 0.504 e. The number of fused-ring (bicyclic) bond motifs is 2. The number of rotatable bonds is 3. The van der Waals surface area contributed by atoms with Gasteiger partial charge in [0, 0.05) is 34.9 Å². The normalized spacial score (nSPS) is 44.8. The summed E-state index contributed by atoms with van der Waals surface area (Å²) in [5.41, 5.74) is -0.323. The number of piperidine rings is 1. The molecule has 7 atom stereocenters. The van der Waals surface area contributed by atoms with Crippen molar-refractivity contribution in [3.8, 4) is 11.5 Å². The molecule has 2 aliphatic heterocycles. The van der Waals surface area contributed by atoms with Crippen LogP contribution >= 0.6 is 0 Å². The minimum atomic E-state index is -1.11. The molecule has 1 aromatic carbocycles. The number of likely N-dealkylation sites (tertiary alicyclic amines) is 1. The first-order valence-corrected chi connectivity index (χ1v) is 13.2. The Kier molecular flexibility index (Phi) is 3.76. The number of phenolic OH excluding ortho intramolecular Hbond substituents is 1. The molecule has 2 unspecified atom stereocenters. The van der Waals surface area contributed by atoms with Crippen molar-refractivity contribution in [2.45, 2.75) is 101 Å². The van der Waals surface area contributed by atoms with Crippen LogP contribution in [-0.4, -0.2) is 56.7 Å². The lowest BCUT2D eigenvalue weighted by atomic mass is 9.33. The van der Waals surface area contributed by atoms with Crippen molar-refractivity contribution in [2.24, 2.45) is 22.7 Å². The maximum Gasteiger partial charge on any atom is 0.165 e. The smallest absolute Gasteiger partial charge is 0.165 e. The molecule has 4 bridgehead atoms. The molecule has 33 heavy (non-hydrogen) atoms. The van der Waals surface area contributed by atoms with E-state index in [-0.39, 0.29) is 27.9 Å². The molecule has 5 heteroatoms. The molecule has 7 aliphatic rings. The zero-order valence-electron chi connectivity index (χ0n) is 20.5. The predicted molar refractivity (Wildman–Crippen MR) is 125 cm³/mol. The topological polar surface area (TPSA) is 73.2 Å². The lowest BCUT2D eigenvalue weighted by Gasteiger charge is -2.75. The van der Waals surface area contributed by atoms with Crippen LogP contribution in [0, 0.1) is 22.7 Å². The van der Waals surface area contributed by atoms with Crippen LogP contribution in [0.1, 0.15) is 77.3 Å². The highest BCUT2D eigenvalue weighted by Crippen LogP contribution is 2.77. The summed E-state index contributed by atoms with van der Waals surface area (Å²) >= 11 is 0. The molecule has 2 heterocycles. The SMILES string of the molecule is CC(C)(C)[C@@](C)(O)[C@H]1C[C@@]23CC[C@@]1(O)[C@H]1Oc4c(O)ccc5c4C12CCN(CC1CC1)C3C5. The molecule has 1 saturated heterocycles. The summed E-state index contributed by atoms with van der Waals surface area (Å²) in [6.45, 7) is 10.4. The predicted octanol–water partition coefficient (Wildman–Crippen LogP) is 3.76. The summed E-state index contributed by atoms with van der Waals surface area (Å²) < 4.78 is 6.68. The first-order valence-electron chi connectivity index (χ1n) is 13.2. The van der Waals surface area contributed by atoms with Crippen LogP contribution in [0.15, 0.2) is 12.1 Å². The van der Waals surface area contributed by atoms with E-state index in [0.29, 0.717) is 18.2 Å². The fourth-order valence-electron chi connectivity index (χ4n) is 9.26. The Labute approximate surface area is 197 Å². The number of phenols is 1. The van der Waals surface area contributed by atoms with Gasteiger partial charge in [-0.3, -0.25) is 4.90 Å². The Bertz CT molecular complexity index is 1040. The van der Waals surface area contributed by atoms with Crippen molar-refractivity contribution in [3.05, 3.63) is 23.3 Å². The maximum atomic E-state index is 12.5. The maximum absolute atomic E-state index is 12.5. The van der Waals surface area contributed by atoms with E-state index in [1.165, 1.54) is 30.5 Å². The van der Waals surface area contributed by atoms with Crippen molar-refractivity contribution >= 4 is 0 Å². The second kappa shape index (κ2) is 5.91. The fourth-order valence-corrected chi connectivity index (χ4v) is 9.26. The minimum absolute atomic E-state index is 0.0404. The second-order valence-electron chi connectivity index (χ2n) is 13.6. The van der Waals surface area contributed by atoms with Crippen LogP contribution in [0.2, 0.25) is 0 Å². The van der Waals surface area contributed by atoms with Crippen LogP contribution in [0.25, 0.3) is 0 Å². The van der Waals surface area contributed by atoms with E-state index in [4.69, 9.17) is 4.74 Å². The Morgan fingerprint density at radius 2 is 1.88 bits per heavy atom. The molecule has 5 fully saturated rings. The van der Waals surface area contributed by atoms with Gasteiger partial charge >= 0.3 is 0 Å². The van der Waals surface area contributed by atoms with Crippen molar-refractivity contribution in [1.82, 2.24) is 4.90 Å². The molecule has 5 aliphatic carbocycles. The molecule has 5 nitrogen and oxygen atoms in total. The van der Waals surface area contributed by atoms with Gasteiger partial charge in [-0.1, -0.05) is 26.8 Å². The van der Waals surface area contributed by atoms with E-state index >= 15 is 0 Å². The third-order valence-corrected chi connectivity index (χ3v) is 11.5. The van der Waals surface area contributed by atoms with E-state index in [1.807, 2.05) is 6.92 Å². The van der Waals surface area contributed by atoms with Gasteiger partial charge in [0.1, 0.15) is 11.7 Å². The van der Waals surface area contributed by atoms with Gasteiger partial charge in [0.25, 0.3) is 0 Å². The molecular formula is C28H39NO4. The molecule has 3 N–H and O–H groups in total. The number of aliphatic hydroxyl groups is 2. The molecule has 8 rings (SSSR count). The number of hydrogen-bond donors (Lipinski definition) is 3. The van der Waals surface area contributed by atoms with Gasteiger partial charge in [-0.15, -0.1) is 0 Å². The highest BCUT2D eigenvalue weighted by atomic mass is 16.5. The van der Waals surface area contributed by atoms with Crippen LogP contribution in [-0.2, 0) is 11.8 Å². The average molecular weight is 454 g/mol. The zero-order valence-corrected chi connectivity index (χ0v) is 20.5. The van der Waals surface area contributed by atoms with Gasteiger partial charge in [0.2, 0.25) is 0 Å². The second-order valence-corrected chi connectivity index (χ2v) is 13.6. The Morgan fingerprint density at radius 1 is 1.12 bits per heavy atom. The Balaban J connectivity index is 1.46. The number of hydrogen-bond acceptors (Lipinski definition) is 5. The molecule has 0 amide bonds. The van der Waals surface area contributed by atoms with Gasteiger partial charge in [0.05, 0.1) is 5.60 Å². The number of nitrogens with zero attached hydrogens (tertiary/aromatic N) is 1. The van der Waals surface area contributed by atoms with E-state index < -0.39 is 17.3 Å². The minimum Gasteiger partial charge on any atom is -0.504 e. The first kappa shape index (κ1) is 21.0. The van der Waals surface area contributed by atoms with E-state index in [0.717, 1.165) is 38.1 Å². The average Bonchev–Trinajstić information content (AvgIpc) is 3.48. The van der Waals surface area contributed by atoms with Crippen LogP contribution in [0.4, 0.5) is 0 Å². The van der Waals surface area contributed by atoms with Gasteiger partial charge in [-0.05, 0) is 81.4 Å². The van der Waals surface area contributed by atoms with E-state index in [2.05, 4.69) is 31.7 Å². The summed E-state index contributed by atoms with van der Waals surface area (Å²) in [4.78, 5) is 2.77. The summed E-state index contributed by atoms with van der Waals surface area (Å²) in [5.74, 6) is 1.39. The first-order chi connectivity index (χ1) is 15.5. The van der Waals surface area contributed by atoms with Gasteiger partial charge in [-0.2, -0.15) is 0 Å². The van der Waals surface area contributed by atoms with Crippen molar-refractivity contribution in [1.29, 1.82) is 0 Å². The number of ether oxygens (including phenoxy) is 1.